The summed E-state index contributed by atoms with van der Waals surface area (Å²) in [6, 6.07) is 0. The van der Waals surface area contributed by atoms with Gasteiger partial charge in [0.25, 0.3) is 0 Å². The SMILES string of the molecule is [O]=[Mn](=[O])(=[O])[O-].[O]=[Mn](=[O])(=[O])[O-].[O]=[Mn](=[O])(=[O])[O-].[Os+3]. The van der Waals surface area contributed by atoms with Crippen LogP contribution >= 0.6 is 0 Å². The van der Waals surface area contributed by atoms with Crippen LogP contribution in [0.1, 0.15) is 0 Å². The normalized spacial score (nSPS) is 10.7. The Balaban J connectivity index is -0.0000000655. The summed E-state index contributed by atoms with van der Waals surface area (Å²) in [5.41, 5.74) is 0. The fraction of sp³-hybridized carbons (Fsp3) is 0. The first kappa shape index (κ1) is 25.2. The van der Waals surface area contributed by atoms with Gasteiger partial charge in [0.05, 0.1) is 0 Å². The molecule has 0 unspecified atom stereocenters. The molecule has 1 radical (unpaired) electrons. The van der Waals surface area contributed by atoms with Gasteiger partial charge in [-0.2, -0.15) is 0 Å². The monoisotopic (exact) mass is 549 g/mol. The third kappa shape index (κ3) is 33300. The topological polar surface area (TPSA) is 223 Å². The molecule has 0 aromatic heterocycles. The van der Waals surface area contributed by atoms with Crippen molar-refractivity contribution in [2.45, 2.75) is 0 Å². The van der Waals surface area contributed by atoms with Gasteiger partial charge in [-0.15, -0.1) is 0 Å². The van der Waals surface area contributed by atoms with Crippen molar-refractivity contribution in [1.82, 2.24) is 0 Å². The van der Waals surface area contributed by atoms with Gasteiger partial charge in [-0.3, -0.25) is 0 Å². The van der Waals surface area contributed by atoms with E-state index in [-0.39, 0.29) is 19.8 Å². The van der Waals surface area contributed by atoms with Crippen LogP contribution in [0.5, 0.6) is 0 Å². The summed E-state index contributed by atoms with van der Waals surface area (Å²) in [6.07, 6.45) is 0. The van der Waals surface area contributed by atoms with Crippen LogP contribution in [0.15, 0.2) is 0 Å². The minimum Gasteiger partial charge on any atom is 3.00 e. The van der Waals surface area contributed by atoms with Crippen LogP contribution in [-0.4, -0.2) is 0 Å². The second-order valence-corrected chi connectivity index (χ2v) is 4.68. The Morgan fingerprint density at radius 3 is 0.438 bits per heavy atom. The molecule has 0 aromatic carbocycles. The van der Waals surface area contributed by atoms with Gasteiger partial charge in [-0.1, -0.05) is 0 Å². The van der Waals surface area contributed by atoms with E-state index in [4.69, 9.17) is 47.1 Å². The van der Waals surface area contributed by atoms with Crippen LogP contribution in [0.3, 0.4) is 0 Å². The van der Waals surface area contributed by atoms with Gasteiger partial charge >= 0.3 is 106 Å². The van der Waals surface area contributed by atoms with Gasteiger partial charge in [0, 0.05) is 0 Å². The van der Waals surface area contributed by atoms with E-state index in [0.29, 0.717) is 0 Å². The third-order valence-electron chi connectivity index (χ3n) is 0. The molecule has 16 heavy (non-hydrogen) atoms. The Bertz CT molecular complexity index is 480. The average Bonchev–Trinajstić information content (AvgIpc) is 1.41. The molecule has 0 amide bonds. The summed E-state index contributed by atoms with van der Waals surface area (Å²) in [5, 5.41) is 0. The Labute approximate surface area is 105 Å². The van der Waals surface area contributed by atoms with E-state index >= 15 is 0 Å². The van der Waals surface area contributed by atoms with E-state index in [0.717, 1.165) is 0 Å². The number of rotatable bonds is 0. The van der Waals surface area contributed by atoms with E-state index < -0.39 is 38.9 Å². The first-order valence-corrected chi connectivity index (χ1v) is 7.63. The molecule has 0 rings (SSSR count). The van der Waals surface area contributed by atoms with Crippen LogP contribution in [0.25, 0.3) is 0 Å². The predicted molar refractivity (Wildman–Crippen MR) is 6.18 cm³/mol. The Morgan fingerprint density at radius 2 is 0.438 bits per heavy atom. The maximum absolute atomic E-state index is 8.58. The quantitative estimate of drug-likeness (QED) is 0.261. The molecule has 101 valence electrons. The van der Waals surface area contributed by atoms with Gasteiger partial charge in [0.2, 0.25) is 0 Å². The molecule has 12 nitrogen and oxygen atoms in total. The Kier molecular flexibility index (Phi) is 14.7. The van der Waals surface area contributed by atoms with E-state index in [1.54, 1.807) is 0 Å². The minimum absolute atomic E-state index is 0. The van der Waals surface area contributed by atoms with E-state index in [1.165, 1.54) is 0 Å². The molecule has 0 saturated heterocycles. The van der Waals surface area contributed by atoms with Crippen LogP contribution in [0.2, 0.25) is 0 Å². The molecular formula is Mn3O12Os. The van der Waals surface area contributed by atoms with Gasteiger partial charge in [0.15, 0.2) is 0 Å². The smallest absolute Gasteiger partial charge is 3.00 e. The van der Waals surface area contributed by atoms with Crippen molar-refractivity contribution in [2.75, 3.05) is 0 Å². The summed E-state index contributed by atoms with van der Waals surface area (Å²) in [7, 11) is 0. The first-order chi connectivity index (χ1) is 6.00. The maximum Gasteiger partial charge on any atom is 3.00 e. The first-order valence-electron chi connectivity index (χ1n) is 1.85. The maximum atomic E-state index is 8.58. The predicted octanol–water partition coefficient (Wildman–Crippen LogP) is -4.65. The summed E-state index contributed by atoms with van der Waals surface area (Å²) < 4.78 is 103. The Hall–Kier alpha value is 0.275. The Morgan fingerprint density at radius 1 is 0.438 bits per heavy atom. The zero-order valence-electron chi connectivity index (χ0n) is 6.39. The van der Waals surface area contributed by atoms with Crippen molar-refractivity contribution in [3.63, 3.8) is 0 Å². The second kappa shape index (κ2) is 9.32. The minimum atomic E-state index is -5.62. The molecule has 0 fully saturated rings. The van der Waals surface area contributed by atoms with Crippen molar-refractivity contribution in [2.24, 2.45) is 0 Å². The van der Waals surface area contributed by atoms with Crippen LogP contribution in [0.4, 0.5) is 0 Å². The summed E-state index contributed by atoms with van der Waals surface area (Å²) in [6.45, 7) is 0. The third-order valence-corrected chi connectivity index (χ3v) is 0. The van der Waals surface area contributed by atoms with Gasteiger partial charge in [-0.05, 0) is 0 Å². The molecule has 0 aliphatic rings. The summed E-state index contributed by atoms with van der Waals surface area (Å²) in [5.74, 6) is 0. The molecule has 0 heterocycles. The van der Waals surface area contributed by atoms with Crippen molar-refractivity contribution in [3.8, 4) is 0 Å². The van der Waals surface area contributed by atoms with Gasteiger partial charge in [-0.25, -0.2) is 0 Å². The van der Waals surface area contributed by atoms with Crippen molar-refractivity contribution >= 4 is 0 Å². The van der Waals surface area contributed by atoms with Crippen molar-refractivity contribution in [1.29, 1.82) is 0 Å². The van der Waals surface area contributed by atoms with Crippen LogP contribution in [0, 0.1) is 0 Å². The summed E-state index contributed by atoms with van der Waals surface area (Å²) >= 11 is -16.9. The van der Waals surface area contributed by atoms with E-state index in [2.05, 4.69) is 0 Å². The largest absolute Gasteiger partial charge is 3.00 e. The van der Waals surface area contributed by atoms with Gasteiger partial charge in [0.1, 0.15) is 0 Å². The molecule has 0 aliphatic carbocycles. The molecule has 0 aliphatic heterocycles. The molecule has 0 N–H and O–H groups in total. The molecule has 0 aromatic rings. The van der Waals surface area contributed by atoms with Crippen molar-refractivity contribution in [3.05, 3.63) is 0 Å². The molecule has 0 saturated carbocycles. The molecule has 0 bridgehead atoms. The zero-order chi connectivity index (χ0) is 13.5. The molecule has 0 atom stereocenters. The molecule has 16 heteroatoms. The van der Waals surface area contributed by atoms with Crippen LogP contribution in [-0.2, 0) is 93.2 Å². The van der Waals surface area contributed by atoms with Gasteiger partial charge < -0.3 is 0 Å². The summed E-state index contributed by atoms with van der Waals surface area (Å²) in [4.78, 5) is 0. The van der Waals surface area contributed by atoms with E-state index in [1.807, 2.05) is 0 Å². The standard InChI is InChI=1S/3Mn.12O.Os/q;;;;;;;;;;;;3*-1;+3. The number of hydrogen-bond donors (Lipinski definition) is 0. The zero-order valence-corrected chi connectivity index (χ0v) is 12.5. The molecule has 0 spiro atoms. The second-order valence-electron chi connectivity index (χ2n) is 1.13. The fourth-order valence-electron chi connectivity index (χ4n) is 0. The fourth-order valence-corrected chi connectivity index (χ4v) is 0. The molecular weight excluding hydrogens is 547 g/mol. The van der Waals surface area contributed by atoms with Crippen LogP contribution < -0.4 is 12.6 Å². The van der Waals surface area contributed by atoms with E-state index in [9.17, 15) is 0 Å². The number of hydrogen-bond acceptors (Lipinski definition) is 12. The average molecular weight is 547 g/mol. The van der Waals surface area contributed by atoms with Crippen molar-refractivity contribution < 1.29 is 106 Å².